The Bertz CT molecular complexity index is 309. The molecule has 0 N–H and O–H groups in total. The molecule has 0 heterocycles. The average Bonchev–Trinajstić information content (AvgIpc) is 2.01. The molecule has 0 spiro atoms. The third-order valence-electron chi connectivity index (χ3n) is 1.47. The van der Waals surface area contributed by atoms with Crippen LogP contribution >= 0.6 is 28.6 Å². The number of rotatable bonds is 1. The van der Waals surface area contributed by atoms with Gasteiger partial charge in [-0.25, -0.2) is 0 Å². The normalized spacial score (nSPS) is 11.8. The van der Waals surface area contributed by atoms with Gasteiger partial charge in [0.15, 0.2) is 0 Å². The van der Waals surface area contributed by atoms with E-state index < -0.39 is 11.7 Å². The highest BCUT2D eigenvalue weighted by atomic mass is 79.9. The summed E-state index contributed by atoms with van der Waals surface area (Å²) in [5.74, 6) is 0.294. The van der Waals surface area contributed by atoms with E-state index in [1.165, 1.54) is 0 Å². The van der Waals surface area contributed by atoms with E-state index in [1.54, 1.807) is 6.07 Å². The summed E-state index contributed by atoms with van der Waals surface area (Å²) < 4.78 is 37.1. The van der Waals surface area contributed by atoms with Crippen molar-refractivity contribution in [3.63, 3.8) is 0 Å². The zero-order valence-electron chi connectivity index (χ0n) is 6.40. The molecular formula is C8H6BrF3S. The van der Waals surface area contributed by atoms with Gasteiger partial charge >= 0.3 is 6.18 Å². The van der Waals surface area contributed by atoms with Crippen molar-refractivity contribution >= 4 is 28.6 Å². The van der Waals surface area contributed by atoms with Crippen molar-refractivity contribution in [3.05, 3.63) is 33.8 Å². The molecule has 0 bridgehead atoms. The fourth-order valence-corrected chi connectivity index (χ4v) is 1.63. The van der Waals surface area contributed by atoms with Crippen LogP contribution in [0.25, 0.3) is 0 Å². The van der Waals surface area contributed by atoms with Crippen molar-refractivity contribution in [1.82, 2.24) is 0 Å². The number of benzene rings is 1. The minimum atomic E-state index is -4.29. The molecular weight excluding hydrogens is 265 g/mol. The maximum absolute atomic E-state index is 12.2. The van der Waals surface area contributed by atoms with Gasteiger partial charge in [-0.1, -0.05) is 15.9 Å². The highest BCUT2D eigenvalue weighted by molar-refractivity contribution is 9.10. The summed E-state index contributed by atoms with van der Waals surface area (Å²) in [6.07, 6.45) is -4.29. The van der Waals surface area contributed by atoms with Crippen LogP contribution in [-0.2, 0) is 11.9 Å². The Labute approximate surface area is 87.7 Å². The molecule has 0 unspecified atom stereocenters. The highest BCUT2D eigenvalue weighted by Crippen LogP contribution is 2.32. The summed E-state index contributed by atoms with van der Waals surface area (Å²) in [5.41, 5.74) is -0.101. The van der Waals surface area contributed by atoms with Gasteiger partial charge < -0.3 is 0 Å². The van der Waals surface area contributed by atoms with E-state index in [0.717, 1.165) is 12.1 Å². The average molecular weight is 271 g/mol. The first-order chi connectivity index (χ1) is 5.93. The first-order valence-electron chi connectivity index (χ1n) is 3.41. The SMILES string of the molecule is FC(F)(F)c1cc(Br)cc(CS)c1. The Morgan fingerprint density at radius 1 is 1.23 bits per heavy atom. The van der Waals surface area contributed by atoms with Crippen LogP contribution in [0.3, 0.4) is 0 Å². The smallest absolute Gasteiger partial charge is 0.175 e. The Morgan fingerprint density at radius 3 is 2.31 bits per heavy atom. The van der Waals surface area contributed by atoms with E-state index in [4.69, 9.17) is 0 Å². The van der Waals surface area contributed by atoms with Gasteiger partial charge in [-0.3, -0.25) is 0 Å². The Morgan fingerprint density at radius 2 is 1.85 bits per heavy atom. The van der Waals surface area contributed by atoms with Crippen molar-refractivity contribution in [2.75, 3.05) is 0 Å². The molecule has 0 aliphatic carbocycles. The Kier molecular flexibility index (Phi) is 3.29. The van der Waals surface area contributed by atoms with Crippen molar-refractivity contribution in [2.45, 2.75) is 11.9 Å². The topological polar surface area (TPSA) is 0 Å². The van der Waals surface area contributed by atoms with Crippen LogP contribution in [0.4, 0.5) is 13.2 Å². The lowest BCUT2D eigenvalue weighted by Gasteiger charge is -2.08. The molecule has 0 aliphatic heterocycles. The summed E-state index contributed by atoms with van der Waals surface area (Å²) in [7, 11) is 0. The Hall–Kier alpha value is -0.160. The van der Waals surface area contributed by atoms with E-state index in [0.29, 0.717) is 15.8 Å². The first kappa shape index (κ1) is 10.9. The van der Waals surface area contributed by atoms with Crippen LogP contribution in [0.1, 0.15) is 11.1 Å². The molecule has 13 heavy (non-hydrogen) atoms. The lowest BCUT2D eigenvalue weighted by atomic mass is 10.1. The zero-order chi connectivity index (χ0) is 10.1. The van der Waals surface area contributed by atoms with Gasteiger partial charge in [0.2, 0.25) is 0 Å². The molecule has 0 aliphatic rings. The van der Waals surface area contributed by atoms with Crippen LogP contribution in [0.5, 0.6) is 0 Å². The molecule has 72 valence electrons. The van der Waals surface area contributed by atoms with Crippen LogP contribution in [0.2, 0.25) is 0 Å². The Balaban J connectivity index is 3.16. The van der Waals surface area contributed by atoms with E-state index >= 15 is 0 Å². The van der Waals surface area contributed by atoms with Crippen molar-refractivity contribution < 1.29 is 13.2 Å². The molecule has 1 aromatic carbocycles. The number of halogens is 4. The number of thiol groups is 1. The van der Waals surface area contributed by atoms with E-state index in [9.17, 15) is 13.2 Å². The molecule has 0 atom stereocenters. The molecule has 0 aromatic heterocycles. The summed E-state index contributed by atoms with van der Waals surface area (Å²) in [6, 6.07) is 3.76. The molecule has 0 saturated heterocycles. The molecule has 0 radical (unpaired) electrons. The van der Waals surface area contributed by atoms with Gasteiger partial charge in [0.25, 0.3) is 0 Å². The van der Waals surface area contributed by atoms with Crippen LogP contribution in [0, 0.1) is 0 Å². The summed E-state index contributed by atoms with van der Waals surface area (Å²) in [4.78, 5) is 0. The third-order valence-corrected chi connectivity index (χ3v) is 2.29. The van der Waals surface area contributed by atoms with Gasteiger partial charge in [-0.05, 0) is 23.8 Å². The second-order valence-electron chi connectivity index (χ2n) is 2.50. The summed E-state index contributed by atoms with van der Waals surface area (Å²) >= 11 is 6.92. The summed E-state index contributed by atoms with van der Waals surface area (Å²) in [6.45, 7) is 0. The second kappa shape index (κ2) is 3.92. The van der Waals surface area contributed by atoms with E-state index in [-0.39, 0.29) is 0 Å². The van der Waals surface area contributed by atoms with Crippen molar-refractivity contribution in [3.8, 4) is 0 Å². The zero-order valence-corrected chi connectivity index (χ0v) is 8.88. The van der Waals surface area contributed by atoms with Crippen LogP contribution in [-0.4, -0.2) is 0 Å². The lowest BCUT2D eigenvalue weighted by Crippen LogP contribution is -2.05. The largest absolute Gasteiger partial charge is 0.416 e. The van der Waals surface area contributed by atoms with Crippen LogP contribution in [0.15, 0.2) is 22.7 Å². The standard InChI is InChI=1S/C8H6BrF3S/c9-7-2-5(4-13)1-6(3-7)8(10,11)12/h1-3,13H,4H2. The predicted octanol–water partition coefficient (Wildman–Crippen LogP) is 3.90. The summed E-state index contributed by atoms with van der Waals surface area (Å²) in [5, 5.41) is 0. The minimum absolute atomic E-state index is 0.294. The molecule has 0 amide bonds. The maximum Gasteiger partial charge on any atom is 0.416 e. The van der Waals surface area contributed by atoms with Crippen molar-refractivity contribution in [1.29, 1.82) is 0 Å². The fraction of sp³-hybridized carbons (Fsp3) is 0.250. The van der Waals surface area contributed by atoms with Gasteiger partial charge in [0.1, 0.15) is 0 Å². The van der Waals surface area contributed by atoms with Gasteiger partial charge in [-0.15, -0.1) is 0 Å². The molecule has 0 saturated carbocycles. The molecule has 0 fully saturated rings. The quantitative estimate of drug-likeness (QED) is 0.736. The number of hydrogen-bond acceptors (Lipinski definition) is 1. The molecule has 1 rings (SSSR count). The lowest BCUT2D eigenvalue weighted by molar-refractivity contribution is -0.137. The maximum atomic E-state index is 12.2. The number of hydrogen-bond donors (Lipinski definition) is 1. The fourth-order valence-electron chi connectivity index (χ4n) is 0.905. The van der Waals surface area contributed by atoms with Crippen molar-refractivity contribution in [2.24, 2.45) is 0 Å². The first-order valence-corrected chi connectivity index (χ1v) is 4.83. The van der Waals surface area contributed by atoms with Gasteiger partial charge in [0, 0.05) is 10.2 Å². The van der Waals surface area contributed by atoms with E-state index in [2.05, 4.69) is 28.6 Å². The minimum Gasteiger partial charge on any atom is -0.175 e. The third kappa shape index (κ3) is 2.91. The molecule has 0 nitrogen and oxygen atoms in total. The van der Waals surface area contributed by atoms with Gasteiger partial charge in [0.05, 0.1) is 5.56 Å². The van der Waals surface area contributed by atoms with E-state index in [1.807, 2.05) is 0 Å². The molecule has 1 aromatic rings. The predicted molar refractivity (Wildman–Crippen MR) is 51.8 cm³/mol. The molecule has 5 heteroatoms. The monoisotopic (exact) mass is 270 g/mol. The number of alkyl halides is 3. The highest BCUT2D eigenvalue weighted by Gasteiger charge is 2.30. The van der Waals surface area contributed by atoms with Gasteiger partial charge in [-0.2, -0.15) is 25.8 Å². The van der Waals surface area contributed by atoms with Crippen LogP contribution < -0.4 is 0 Å². The second-order valence-corrected chi connectivity index (χ2v) is 3.74.